The molecule has 0 saturated carbocycles. The van der Waals surface area contributed by atoms with Crippen LogP contribution in [-0.4, -0.2) is 22.1 Å². The van der Waals surface area contributed by atoms with E-state index in [0.29, 0.717) is 22.0 Å². The molecule has 2 aromatic carbocycles. The SMILES string of the molecule is CCC1CC(n2cnc3cc(Cl)ccc3c2=O)CCN1c1ccccc1. The Labute approximate surface area is 158 Å². The molecule has 0 spiro atoms. The zero-order valence-corrected chi connectivity index (χ0v) is 15.6. The maximum atomic E-state index is 13.0. The molecule has 0 bridgehead atoms. The van der Waals surface area contributed by atoms with Gasteiger partial charge in [0, 0.05) is 29.3 Å². The van der Waals surface area contributed by atoms with E-state index in [1.807, 2.05) is 10.6 Å². The Morgan fingerprint density at radius 2 is 2.00 bits per heavy atom. The van der Waals surface area contributed by atoms with Crippen LogP contribution in [0, 0.1) is 0 Å². The van der Waals surface area contributed by atoms with Crippen LogP contribution in [0.3, 0.4) is 0 Å². The molecule has 0 N–H and O–H groups in total. The van der Waals surface area contributed by atoms with Crippen molar-refractivity contribution in [2.75, 3.05) is 11.4 Å². The minimum Gasteiger partial charge on any atom is -0.368 e. The Balaban J connectivity index is 1.64. The molecule has 0 aliphatic carbocycles. The van der Waals surface area contributed by atoms with Gasteiger partial charge in [-0.15, -0.1) is 0 Å². The lowest BCUT2D eigenvalue weighted by Gasteiger charge is -2.41. The zero-order chi connectivity index (χ0) is 18.1. The fraction of sp³-hybridized carbons (Fsp3) is 0.333. The standard InChI is InChI=1S/C21H22ClN3O/c1-2-16-13-18(10-11-24(16)17-6-4-3-5-7-17)25-14-23-20-12-15(22)8-9-19(20)21(25)26/h3-9,12,14,16,18H,2,10-11,13H2,1H3. The number of aromatic nitrogens is 2. The summed E-state index contributed by atoms with van der Waals surface area (Å²) in [5, 5.41) is 1.24. The van der Waals surface area contributed by atoms with Gasteiger partial charge in [-0.1, -0.05) is 36.7 Å². The number of anilines is 1. The first-order valence-electron chi connectivity index (χ1n) is 9.15. The Kier molecular flexibility index (Phi) is 4.68. The molecule has 1 aromatic heterocycles. The first-order chi connectivity index (χ1) is 12.7. The number of fused-ring (bicyclic) bond motifs is 1. The molecule has 26 heavy (non-hydrogen) atoms. The van der Waals surface area contributed by atoms with Crippen LogP contribution in [0.25, 0.3) is 10.9 Å². The molecule has 5 heteroatoms. The maximum absolute atomic E-state index is 13.0. The second-order valence-electron chi connectivity index (χ2n) is 6.89. The molecule has 1 aliphatic heterocycles. The molecule has 3 aromatic rings. The van der Waals surface area contributed by atoms with E-state index in [1.165, 1.54) is 5.69 Å². The molecule has 4 nitrogen and oxygen atoms in total. The minimum absolute atomic E-state index is 0.0275. The van der Waals surface area contributed by atoms with E-state index < -0.39 is 0 Å². The molecule has 134 valence electrons. The van der Waals surface area contributed by atoms with E-state index in [2.05, 4.69) is 41.1 Å². The maximum Gasteiger partial charge on any atom is 0.261 e. The Bertz CT molecular complexity index is 970. The third-order valence-electron chi connectivity index (χ3n) is 5.39. The van der Waals surface area contributed by atoms with Crippen LogP contribution >= 0.6 is 11.6 Å². The van der Waals surface area contributed by atoms with Gasteiger partial charge in [0.2, 0.25) is 0 Å². The summed E-state index contributed by atoms with van der Waals surface area (Å²) in [6.45, 7) is 3.16. The number of para-hydroxylation sites is 1. The minimum atomic E-state index is 0.0275. The van der Waals surface area contributed by atoms with Gasteiger partial charge in [0.15, 0.2) is 0 Å². The van der Waals surface area contributed by atoms with E-state index in [0.717, 1.165) is 25.8 Å². The van der Waals surface area contributed by atoms with Crippen LogP contribution in [0.2, 0.25) is 5.02 Å². The van der Waals surface area contributed by atoms with Gasteiger partial charge in [0.05, 0.1) is 17.2 Å². The molecule has 1 fully saturated rings. The van der Waals surface area contributed by atoms with Gasteiger partial charge in [-0.05, 0) is 49.6 Å². The lowest BCUT2D eigenvalue weighted by molar-refractivity contribution is 0.325. The van der Waals surface area contributed by atoms with Crippen LogP contribution in [0.1, 0.15) is 32.2 Å². The number of rotatable bonds is 3. The van der Waals surface area contributed by atoms with Gasteiger partial charge in [-0.25, -0.2) is 4.98 Å². The van der Waals surface area contributed by atoms with E-state index in [4.69, 9.17) is 11.6 Å². The van der Waals surface area contributed by atoms with Gasteiger partial charge in [0.25, 0.3) is 5.56 Å². The predicted molar refractivity (Wildman–Crippen MR) is 107 cm³/mol. The summed E-state index contributed by atoms with van der Waals surface area (Å²) in [6.07, 6.45) is 4.63. The molecule has 0 radical (unpaired) electrons. The van der Waals surface area contributed by atoms with Crippen molar-refractivity contribution in [3.05, 3.63) is 70.2 Å². The van der Waals surface area contributed by atoms with E-state index >= 15 is 0 Å². The number of hydrogen-bond donors (Lipinski definition) is 0. The Morgan fingerprint density at radius 1 is 1.19 bits per heavy atom. The number of piperidine rings is 1. The average molecular weight is 368 g/mol. The van der Waals surface area contributed by atoms with Gasteiger partial charge in [0.1, 0.15) is 0 Å². The van der Waals surface area contributed by atoms with Crippen LogP contribution in [0.4, 0.5) is 5.69 Å². The first-order valence-corrected chi connectivity index (χ1v) is 9.53. The topological polar surface area (TPSA) is 38.1 Å². The van der Waals surface area contributed by atoms with Crippen LogP contribution in [0.15, 0.2) is 59.7 Å². The summed E-state index contributed by atoms with van der Waals surface area (Å²) in [6, 6.07) is 16.4. The van der Waals surface area contributed by atoms with Crippen molar-refractivity contribution < 1.29 is 0 Å². The van der Waals surface area contributed by atoms with Gasteiger partial charge in [-0.3, -0.25) is 9.36 Å². The normalized spacial score (nSPS) is 20.5. The number of halogens is 1. The highest BCUT2D eigenvalue weighted by Crippen LogP contribution is 2.31. The molecular formula is C21H22ClN3O. The third kappa shape index (κ3) is 3.10. The summed E-state index contributed by atoms with van der Waals surface area (Å²) in [4.78, 5) is 19.9. The van der Waals surface area contributed by atoms with E-state index in [9.17, 15) is 4.79 Å². The highest BCUT2D eigenvalue weighted by atomic mass is 35.5. The lowest BCUT2D eigenvalue weighted by Crippen LogP contribution is -2.44. The van der Waals surface area contributed by atoms with E-state index in [1.54, 1.807) is 24.5 Å². The number of nitrogens with zero attached hydrogens (tertiary/aromatic N) is 3. The van der Waals surface area contributed by atoms with Crippen molar-refractivity contribution in [2.24, 2.45) is 0 Å². The first kappa shape index (κ1) is 17.1. The van der Waals surface area contributed by atoms with Crippen molar-refractivity contribution in [1.29, 1.82) is 0 Å². The van der Waals surface area contributed by atoms with Gasteiger partial charge in [-0.2, -0.15) is 0 Å². The fourth-order valence-corrected chi connectivity index (χ4v) is 4.16. The van der Waals surface area contributed by atoms with Crippen molar-refractivity contribution in [3.8, 4) is 0 Å². The van der Waals surface area contributed by atoms with Crippen molar-refractivity contribution in [3.63, 3.8) is 0 Å². The number of benzene rings is 2. The largest absolute Gasteiger partial charge is 0.368 e. The number of hydrogen-bond acceptors (Lipinski definition) is 3. The predicted octanol–water partition coefficient (Wildman–Crippen LogP) is 4.67. The highest BCUT2D eigenvalue weighted by Gasteiger charge is 2.29. The highest BCUT2D eigenvalue weighted by molar-refractivity contribution is 6.31. The molecule has 2 unspecified atom stereocenters. The summed E-state index contributed by atoms with van der Waals surface area (Å²) in [5.74, 6) is 0. The fourth-order valence-electron chi connectivity index (χ4n) is 4.00. The van der Waals surface area contributed by atoms with Crippen molar-refractivity contribution in [2.45, 2.75) is 38.3 Å². The summed E-state index contributed by atoms with van der Waals surface area (Å²) in [5.41, 5.74) is 1.95. The second-order valence-corrected chi connectivity index (χ2v) is 7.32. The molecule has 0 amide bonds. The van der Waals surface area contributed by atoms with Gasteiger partial charge >= 0.3 is 0 Å². The smallest absolute Gasteiger partial charge is 0.261 e. The molecule has 4 rings (SSSR count). The second kappa shape index (κ2) is 7.12. The van der Waals surface area contributed by atoms with Crippen LogP contribution < -0.4 is 10.5 Å². The molecule has 1 saturated heterocycles. The van der Waals surface area contributed by atoms with Crippen LogP contribution in [0.5, 0.6) is 0 Å². The van der Waals surface area contributed by atoms with Crippen molar-refractivity contribution in [1.82, 2.24) is 9.55 Å². The summed E-state index contributed by atoms with van der Waals surface area (Å²) >= 11 is 6.02. The van der Waals surface area contributed by atoms with Gasteiger partial charge < -0.3 is 4.90 Å². The van der Waals surface area contributed by atoms with E-state index in [-0.39, 0.29) is 11.6 Å². The Hall–Kier alpha value is -2.33. The Morgan fingerprint density at radius 3 is 2.77 bits per heavy atom. The molecule has 2 heterocycles. The summed E-state index contributed by atoms with van der Waals surface area (Å²) in [7, 11) is 0. The van der Waals surface area contributed by atoms with Crippen LogP contribution in [-0.2, 0) is 0 Å². The zero-order valence-electron chi connectivity index (χ0n) is 14.8. The quantitative estimate of drug-likeness (QED) is 0.675. The monoisotopic (exact) mass is 367 g/mol. The molecular weight excluding hydrogens is 346 g/mol. The summed E-state index contributed by atoms with van der Waals surface area (Å²) < 4.78 is 1.82. The third-order valence-corrected chi connectivity index (χ3v) is 5.62. The lowest BCUT2D eigenvalue weighted by atomic mass is 9.94. The molecule has 1 aliphatic rings. The average Bonchev–Trinajstić information content (AvgIpc) is 2.68. The molecule has 2 atom stereocenters. The van der Waals surface area contributed by atoms with Crippen molar-refractivity contribution >= 4 is 28.2 Å².